The van der Waals surface area contributed by atoms with Crippen LogP contribution in [0.5, 0.6) is 0 Å². The molecule has 0 spiro atoms. The van der Waals surface area contributed by atoms with E-state index in [0.29, 0.717) is 12.5 Å². The predicted molar refractivity (Wildman–Crippen MR) is 60.7 cm³/mol. The number of hydrogen-bond donors (Lipinski definition) is 1. The highest BCUT2D eigenvalue weighted by atomic mass is 16.5. The van der Waals surface area contributed by atoms with Gasteiger partial charge < -0.3 is 9.64 Å². The van der Waals surface area contributed by atoms with Crippen LogP contribution in [-0.2, 0) is 9.53 Å². The summed E-state index contributed by atoms with van der Waals surface area (Å²) in [7, 11) is 1.44. The van der Waals surface area contributed by atoms with Crippen molar-refractivity contribution in [1.82, 2.24) is 10.2 Å². The summed E-state index contributed by atoms with van der Waals surface area (Å²) in [5, 5.41) is 3.21. The third-order valence-corrected chi connectivity index (χ3v) is 3.81. The van der Waals surface area contributed by atoms with E-state index in [2.05, 4.69) is 16.1 Å². The number of carbonyl (C=O) groups excluding carboxylic acids is 1. The van der Waals surface area contributed by atoms with Crippen molar-refractivity contribution in [2.45, 2.75) is 18.4 Å². The molecule has 1 atom stereocenters. The van der Waals surface area contributed by atoms with E-state index in [1.165, 1.54) is 7.11 Å². The molecule has 1 unspecified atom stereocenters. The van der Waals surface area contributed by atoms with Gasteiger partial charge in [-0.1, -0.05) is 5.92 Å². The standard InChI is InChI=1S/C12H18N2O2/c1-3-6-13-12(11(15)16-2)9-14-7-4-10(12)5-8-14/h1,10,13H,4-9H2,2H3. The molecular weight excluding hydrogens is 204 g/mol. The number of terminal acetylenes is 1. The normalized spacial score (nSPS) is 36.8. The van der Waals surface area contributed by atoms with Gasteiger partial charge in [-0.15, -0.1) is 6.42 Å². The lowest BCUT2D eigenvalue weighted by molar-refractivity contribution is -0.157. The summed E-state index contributed by atoms with van der Waals surface area (Å²) >= 11 is 0. The van der Waals surface area contributed by atoms with Gasteiger partial charge in [-0.25, -0.2) is 4.79 Å². The SMILES string of the molecule is C#CCNC1(C(=O)OC)CN2CCC1CC2. The van der Waals surface area contributed by atoms with Crippen molar-refractivity contribution < 1.29 is 9.53 Å². The first-order chi connectivity index (χ1) is 7.73. The highest BCUT2D eigenvalue weighted by molar-refractivity contribution is 5.82. The second-order valence-corrected chi connectivity index (χ2v) is 4.57. The Bertz CT molecular complexity index is 315. The molecular formula is C12H18N2O2. The number of nitrogens with one attached hydrogen (secondary N) is 1. The van der Waals surface area contributed by atoms with E-state index in [1.807, 2.05) is 0 Å². The molecule has 3 aliphatic rings. The first-order valence-corrected chi connectivity index (χ1v) is 5.72. The maximum atomic E-state index is 12.0. The van der Waals surface area contributed by atoms with Crippen LogP contribution >= 0.6 is 0 Å². The van der Waals surface area contributed by atoms with Crippen LogP contribution in [-0.4, -0.2) is 49.7 Å². The van der Waals surface area contributed by atoms with E-state index < -0.39 is 5.54 Å². The molecule has 0 aliphatic carbocycles. The molecule has 3 saturated heterocycles. The van der Waals surface area contributed by atoms with Crippen LogP contribution in [0, 0.1) is 18.3 Å². The minimum absolute atomic E-state index is 0.169. The zero-order valence-electron chi connectivity index (χ0n) is 9.66. The lowest BCUT2D eigenvalue weighted by Crippen LogP contribution is -2.70. The number of ether oxygens (including phenoxy) is 1. The van der Waals surface area contributed by atoms with Crippen molar-refractivity contribution in [3.63, 3.8) is 0 Å². The largest absolute Gasteiger partial charge is 0.468 e. The minimum Gasteiger partial charge on any atom is -0.468 e. The molecule has 16 heavy (non-hydrogen) atoms. The highest BCUT2D eigenvalue weighted by Crippen LogP contribution is 2.36. The number of carbonyl (C=O) groups is 1. The van der Waals surface area contributed by atoms with Crippen LogP contribution in [0.3, 0.4) is 0 Å². The molecule has 0 aromatic carbocycles. The Morgan fingerprint density at radius 3 is 2.75 bits per heavy atom. The third-order valence-electron chi connectivity index (χ3n) is 3.81. The first-order valence-electron chi connectivity index (χ1n) is 5.72. The van der Waals surface area contributed by atoms with Crippen molar-refractivity contribution in [3.05, 3.63) is 0 Å². The number of nitrogens with zero attached hydrogens (tertiary/aromatic N) is 1. The van der Waals surface area contributed by atoms with Gasteiger partial charge in [0, 0.05) is 6.54 Å². The van der Waals surface area contributed by atoms with Crippen LogP contribution in [0.2, 0.25) is 0 Å². The van der Waals surface area contributed by atoms with E-state index >= 15 is 0 Å². The van der Waals surface area contributed by atoms with Crippen molar-refractivity contribution in [3.8, 4) is 12.3 Å². The van der Waals surface area contributed by atoms with Crippen LogP contribution in [0.4, 0.5) is 0 Å². The maximum absolute atomic E-state index is 12.0. The Kier molecular flexibility index (Phi) is 3.17. The first kappa shape index (κ1) is 11.4. The summed E-state index contributed by atoms with van der Waals surface area (Å²) in [6.07, 6.45) is 7.36. The van der Waals surface area contributed by atoms with E-state index in [1.54, 1.807) is 0 Å². The molecule has 2 bridgehead atoms. The Morgan fingerprint density at radius 1 is 1.62 bits per heavy atom. The van der Waals surface area contributed by atoms with Crippen LogP contribution < -0.4 is 5.32 Å². The topological polar surface area (TPSA) is 41.6 Å². The van der Waals surface area contributed by atoms with Gasteiger partial charge in [0.1, 0.15) is 5.54 Å². The van der Waals surface area contributed by atoms with E-state index in [4.69, 9.17) is 11.2 Å². The average Bonchev–Trinajstić information content (AvgIpc) is 2.36. The molecule has 0 saturated carbocycles. The number of esters is 1. The van der Waals surface area contributed by atoms with Crippen LogP contribution in [0.1, 0.15) is 12.8 Å². The number of piperidine rings is 3. The lowest BCUT2D eigenvalue weighted by Gasteiger charge is -2.51. The zero-order valence-corrected chi connectivity index (χ0v) is 9.66. The van der Waals surface area contributed by atoms with Crippen molar-refractivity contribution >= 4 is 5.97 Å². The van der Waals surface area contributed by atoms with Gasteiger partial charge in [0.15, 0.2) is 0 Å². The Morgan fingerprint density at radius 2 is 2.31 bits per heavy atom. The molecule has 0 amide bonds. The molecule has 4 nitrogen and oxygen atoms in total. The van der Waals surface area contributed by atoms with Gasteiger partial charge >= 0.3 is 5.97 Å². The maximum Gasteiger partial charge on any atom is 0.327 e. The summed E-state index contributed by atoms with van der Waals surface area (Å²) in [6.45, 7) is 3.31. The Labute approximate surface area is 96.3 Å². The second-order valence-electron chi connectivity index (χ2n) is 4.57. The minimum atomic E-state index is -0.572. The summed E-state index contributed by atoms with van der Waals surface area (Å²) in [4.78, 5) is 14.3. The fraction of sp³-hybridized carbons (Fsp3) is 0.750. The monoisotopic (exact) mass is 222 g/mol. The fourth-order valence-corrected chi connectivity index (χ4v) is 2.96. The van der Waals surface area contributed by atoms with Crippen LogP contribution in [0.25, 0.3) is 0 Å². The molecule has 0 aromatic heterocycles. The van der Waals surface area contributed by atoms with Gasteiger partial charge in [0.25, 0.3) is 0 Å². The Hall–Kier alpha value is -1.05. The Balaban J connectivity index is 2.20. The third kappa shape index (κ3) is 1.70. The van der Waals surface area contributed by atoms with Crippen LogP contribution in [0.15, 0.2) is 0 Å². The molecule has 3 rings (SSSR count). The molecule has 3 heterocycles. The fourth-order valence-electron chi connectivity index (χ4n) is 2.96. The summed E-state index contributed by atoms with van der Waals surface area (Å²) in [6, 6.07) is 0. The molecule has 4 heteroatoms. The second kappa shape index (κ2) is 4.44. The summed E-state index contributed by atoms with van der Waals surface area (Å²) in [5.74, 6) is 2.73. The van der Waals surface area contributed by atoms with Crippen molar-refractivity contribution in [2.24, 2.45) is 5.92 Å². The van der Waals surface area contributed by atoms with Gasteiger partial charge in [-0.05, 0) is 31.8 Å². The predicted octanol–water partition coefficient (Wildman–Crippen LogP) is -0.153. The van der Waals surface area contributed by atoms with Crippen molar-refractivity contribution in [1.29, 1.82) is 0 Å². The molecule has 1 N–H and O–H groups in total. The van der Waals surface area contributed by atoms with Gasteiger partial charge in [-0.3, -0.25) is 5.32 Å². The number of hydrogen-bond acceptors (Lipinski definition) is 4. The molecule has 88 valence electrons. The zero-order chi connectivity index (χ0) is 11.6. The van der Waals surface area contributed by atoms with Gasteiger partial charge in [0.2, 0.25) is 0 Å². The number of methoxy groups -OCH3 is 1. The molecule has 3 aliphatic heterocycles. The van der Waals surface area contributed by atoms with E-state index in [-0.39, 0.29) is 5.97 Å². The van der Waals surface area contributed by atoms with Gasteiger partial charge in [-0.2, -0.15) is 0 Å². The quantitative estimate of drug-likeness (QED) is 0.532. The molecule has 0 aromatic rings. The van der Waals surface area contributed by atoms with E-state index in [9.17, 15) is 4.79 Å². The van der Waals surface area contributed by atoms with Gasteiger partial charge in [0.05, 0.1) is 13.7 Å². The molecule has 0 radical (unpaired) electrons. The summed E-state index contributed by atoms with van der Waals surface area (Å²) < 4.78 is 4.95. The summed E-state index contributed by atoms with van der Waals surface area (Å²) in [5.41, 5.74) is -0.572. The highest BCUT2D eigenvalue weighted by Gasteiger charge is 2.52. The number of fused-ring (bicyclic) bond motifs is 3. The smallest absolute Gasteiger partial charge is 0.327 e. The van der Waals surface area contributed by atoms with E-state index in [0.717, 1.165) is 32.5 Å². The lowest BCUT2D eigenvalue weighted by atomic mass is 9.72. The molecule has 3 fully saturated rings. The average molecular weight is 222 g/mol. The number of rotatable bonds is 3. The van der Waals surface area contributed by atoms with Crippen molar-refractivity contribution in [2.75, 3.05) is 33.3 Å².